The maximum Gasteiger partial charge on any atom is 0.0705 e. The van der Waals surface area contributed by atoms with Gasteiger partial charge in [-0.2, -0.15) is 0 Å². The van der Waals surface area contributed by atoms with Gasteiger partial charge in [0.05, 0.1) is 5.52 Å². The molecular formula is C71H104N4. The summed E-state index contributed by atoms with van der Waals surface area (Å²) in [7, 11) is 0. The van der Waals surface area contributed by atoms with E-state index < -0.39 is 0 Å². The van der Waals surface area contributed by atoms with E-state index in [9.17, 15) is 0 Å². The lowest BCUT2D eigenvalue weighted by Crippen LogP contribution is -1.99. The van der Waals surface area contributed by atoms with Crippen LogP contribution in [0.15, 0.2) is 103 Å². The zero-order chi connectivity index (χ0) is 56.5. The first-order valence-corrected chi connectivity index (χ1v) is 28.4. The fourth-order valence-corrected chi connectivity index (χ4v) is 9.04. The highest BCUT2D eigenvalue weighted by atomic mass is 14.7. The molecule has 75 heavy (non-hydrogen) atoms. The zero-order valence-electron chi connectivity index (χ0n) is 51.8. The van der Waals surface area contributed by atoms with Crippen LogP contribution in [0.2, 0.25) is 0 Å². The molecule has 0 bridgehead atoms. The minimum Gasteiger partial charge on any atom is -0.261 e. The molecule has 0 spiro atoms. The minimum atomic E-state index is 0.687. The van der Waals surface area contributed by atoms with Crippen LogP contribution < -0.4 is 0 Å². The van der Waals surface area contributed by atoms with Gasteiger partial charge < -0.3 is 0 Å². The Morgan fingerprint density at radius 2 is 0.800 bits per heavy atom. The Hall–Kier alpha value is -5.48. The molecule has 0 N–H and O–H groups in total. The molecule has 0 saturated heterocycles. The van der Waals surface area contributed by atoms with Crippen LogP contribution in [0, 0.1) is 112 Å². The van der Waals surface area contributed by atoms with E-state index in [-0.39, 0.29) is 0 Å². The standard InChI is InChI=1S/C14H17N.2C12H18.3C11H17N/c1-10(2)8-13-9-12-6-4-5-7-14(12)15-11(13)3;1-9(2)7-12-6-5-10(3)8-11(12)4;1-9(2)7-12-8-10(3)5-6-11(12)4;1-8(2)5-11-6-9(3)7-12-10(11)4;1-8(2)5-11-7-9(3)6-10(4)12-11;1-8(2)7-11-6-5-9(3)12-10(11)4/h4-7,9-10H,8H2,1-3H3;2*5-6,8-9H,7H2,1-4H3;2*6-8H,5H2,1-4H3;5-6,8H,7H2,1-4H3. The van der Waals surface area contributed by atoms with E-state index >= 15 is 0 Å². The maximum absolute atomic E-state index is 4.63. The van der Waals surface area contributed by atoms with Gasteiger partial charge in [-0.1, -0.05) is 161 Å². The predicted molar refractivity (Wildman–Crippen MR) is 331 cm³/mol. The monoisotopic (exact) mass is 1010 g/mol. The molecule has 408 valence electrons. The largest absolute Gasteiger partial charge is 0.261 e. The zero-order valence-corrected chi connectivity index (χ0v) is 51.8. The lowest BCUT2D eigenvalue weighted by molar-refractivity contribution is 0.633. The molecule has 0 fully saturated rings. The van der Waals surface area contributed by atoms with Crippen LogP contribution in [0.5, 0.6) is 0 Å². The number of para-hydroxylation sites is 1. The summed E-state index contributed by atoms with van der Waals surface area (Å²) in [6.45, 7) is 50.2. The Morgan fingerprint density at radius 3 is 1.36 bits per heavy atom. The van der Waals surface area contributed by atoms with Crippen molar-refractivity contribution >= 4 is 10.9 Å². The van der Waals surface area contributed by atoms with Gasteiger partial charge in [-0.05, 0) is 231 Å². The molecule has 0 radical (unpaired) electrons. The van der Waals surface area contributed by atoms with Crippen LogP contribution in [0.25, 0.3) is 10.9 Å². The van der Waals surface area contributed by atoms with Crippen LogP contribution in [0.4, 0.5) is 0 Å². The highest BCUT2D eigenvalue weighted by Crippen LogP contribution is 2.20. The van der Waals surface area contributed by atoms with E-state index in [2.05, 4.69) is 263 Å². The molecule has 4 aromatic heterocycles. The summed E-state index contributed by atoms with van der Waals surface area (Å²) in [6.07, 6.45) is 8.81. The minimum absolute atomic E-state index is 0.687. The second-order valence-electron chi connectivity index (χ2n) is 24.1. The van der Waals surface area contributed by atoms with Gasteiger partial charge in [-0.15, -0.1) is 0 Å². The average Bonchev–Trinajstić information content (AvgIpc) is 3.28. The van der Waals surface area contributed by atoms with E-state index in [4.69, 9.17) is 0 Å². The van der Waals surface area contributed by atoms with Crippen molar-refractivity contribution in [2.75, 3.05) is 0 Å². The number of benzene rings is 3. The lowest BCUT2D eigenvalue weighted by Gasteiger charge is -2.09. The number of pyridine rings is 4. The molecule has 7 rings (SSSR count). The van der Waals surface area contributed by atoms with E-state index in [1.165, 1.54) is 102 Å². The number of aryl methyl sites for hydroxylation is 11. The van der Waals surface area contributed by atoms with Gasteiger partial charge in [-0.25, -0.2) is 0 Å². The van der Waals surface area contributed by atoms with Gasteiger partial charge in [0.1, 0.15) is 0 Å². The Labute approximate surface area is 460 Å². The van der Waals surface area contributed by atoms with E-state index in [1.54, 1.807) is 0 Å². The Kier molecular flexibility index (Phi) is 29.3. The third kappa shape index (κ3) is 27.2. The van der Waals surface area contributed by atoms with Crippen molar-refractivity contribution in [2.45, 2.75) is 198 Å². The number of nitrogens with zero attached hydrogens (tertiary/aromatic N) is 4. The number of hydrogen-bond donors (Lipinski definition) is 0. The normalized spacial score (nSPS) is 10.8. The molecular weight excluding hydrogens is 909 g/mol. The smallest absolute Gasteiger partial charge is 0.0705 e. The van der Waals surface area contributed by atoms with Gasteiger partial charge in [0.15, 0.2) is 0 Å². The Morgan fingerprint density at radius 1 is 0.320 bits per heavy atom. The van der Waals surface area contributed by atoms with Crippen molar-refractivity contribution in [1.29, 1.82) is 0 Å². The Bertz CT molecular complexity index is 2620. The van der Waals surface area contributed by atoms with E-state index in [0.717, 1.165) is 54.4 Å². The topological polar surface area (TPSA) is 51.6 Å². The van der Waals surface area contributed by atoms with Crippen molar-refractivity contribution < 1.29 is 0 Å². The molecule has 0 atom stereocenters. The third-order valence-corrected chi connectivity index (χ3v) is 12.6. The molecule has 4 nitrogen and oxygen atoms in total. The quantitative estimate of drug-likeness (QED) is 0.122. The van der Waals surface area contributed by atoms with Crippen molar-refractivity contribution in [2.24, 2.45) is 35.5 Å². The number of rotatable bonds is 12. The van der Waals surface area contributed by atoms with E-state index in [0.29, 0.717) is 23.7 Å². The first-order chi connectivity index (χ1) is 35.1. The van der Waals surface area contributed by atoms with Gasteiger partial charge >= 0.3 is 0 Å². The molecule has 3 aromatic carbocycles. The maximum atomic E-state index is 4.63. The molecule has 0 aliphatic rings. The average molecular weight is 1010 g/mol. The van der Waals surface area contributed by atoms with Gasteiger partial charge in [0, 0.05) is 45.7 Å². The molecule has 4 heteroatoms. The SMILES string of the molecule is Cc1cc(C)nc(CC(C)C)c1.Cc1ccc(C)c(CC(C)C)c1.Cc1ccc(CC(C)C)c(C)c1.Cc1ccc(CC(C)C)c(C)n1.Cc1cnc(C)c(CC(C)C)c1.Cc1nc2ccccc2cc1CC(C)C. The summed E-state index contributed by atoms with van der Waals surface area (Å²) in [4.78, 5) is 17.9. The first-order valence-electron chi connectivity index (χ1n) is 28.4. The van der Waals surface area contributed by atoms with Crippen LogP contribution in [-0.2, 0) is 38.5 Å². The number of aromatic nitrogens is 4. The lowest BCUT2D eigenvalue weighted by atomic mass is 9.97. The second-order valence-corrected chi connectivity index (χ2v) is 24.1. The fourth-order valence-electron chi connectivity index (χ4n) is 9.04. The van der Waals surface area contributed by atoms with Crippen LogP contribution >= 0.6 is 0 Å². The van der Waals surface area contributed by atoms with Gasteiger partial charge in [0.25, 0.3) is 0 Å². The highest BCUT2D eigenvalue weighted by Gasteiger charge is 2.07. The van der Waals surface area contributed by atoms with E-state index in [1.807, 2.05) is 19.2 Å². The Balaban J connectivity index is 0.000000309. The predicted octanol–water partition coefficient (Wildman–Crippen LogP) is 19.4. The summed E-state index contributed by atoms with van der Waals surface area (Å²) in [5.41, 5.74) is 23.4. The molecule has 0 aliphatic carbocycles. The van der Waals surface area contributed by atoms with Gasteiger partial charge in [0.2, 0.25) is 0 Å². The summed E-state index contributed by atoms with van der Waals surface area (Å²) < 4.78 is 0. The van der Waals surface area contributed by atoms with Crippen molar-refractivity contribution in [3.8, 4) is 0 Å². The highest BCUT2D eigenvalue weighted by molar-refractivity contribution is 5.79. The first kappa shape index (κ1) is 65.6. The molecule has 7 aromatic rings. The van der Waals surface area contributed by atoms with Crippen molar-refractivity contribution in [3.63, 3.8) is 0 Å². The summed E-state index contributed by atoms with van der Waals surface area (Å²) in [5.74, 6) is 4.32. The fraction of sp³-hybridized carbons (Fsp3) is 0.493. The molecule has 0 saturated carbocycles. The molecule has 0 amide bonds. The summed E-state index contributed by atoms with van der Waals surface area (Å²) >= 11 is 0. The molecule has 0 aliphatic heterocycles. The number of hydrogen-bond acceptors (Lipinski definition) is 4. The van der Waals surface area contributed by atoms with Crippen LogP contribution in [0.1, 0.15) is 178 Å². The number of fused-ring (bicyclic) bond motifs is 1. The van der Waals surface area contributed by atoms with Gasteiger partial charge in [-0.3, -0.25) is 19.9 Å². The summed E-state index contributed by atoms with van der Waals surface area (Å²) in [6, 6.07) is 34.8. The van der Waals surface area contributed by atoms with Crippen molar-refractivity contribution in [3.05, 3.63) is 199 Å². The third-order valence-electron chi connectivity index (χ3n) is 12.6. The second kappa shape index (κ2) is 33.5. The summed E-state index contributed by atoms with van der Waals surface area (Å²) in [5, 5.41) is 1.25. The van der Waals surface area contributed by atoms with Crippen LogP contribution in [0.3, 0.4) is 0 Å². The molecule has 0 unspecified atom stereocenters. The molecule has 4 heterocycles. The van der Waals surface area contributed by atoms with Crippen LogP contribution in [-0.4, -0.2) is 19.9 Å². The van der Waals surface area contributed by atoms with Crippen molar-refractivity contribution in [1.82, 2.24) is 19.9 Å².